The lowest BCUT2D eigenvalue weighted by atomic mass is 10.1. The van der Waals surface area contributed by atoms with E-state index in [1.54, 1.807) is 11.4 Å². The average molecular weight is 255 g/mol. The number of benzene rings is 1. The lowest BCUT2D eigenvalue weighted by Crippen LogP contribution is -2.29. The van der Waals surface area contributed by atoms with Gasteiger partial charge in [0.05, 0.1) is 13.4 Å². The number of hydrogen-bond donors (Lipinski definition) is 0. The van der Waals surface area contributed by atoms with Crippen LogP contribution in [-0.4, -0.2) is 32.6 Å². The van der Waals surface area contributed by atoms with Gasteiger partial charge in [-0.25, -0.2) is 8.42 Å². The van der Waals surface area contributed by atoms with Crippen LogP contribution in [-0.2, 0) is 10.0 Å². The molecule has 1 aromatic rings. The SMILES string of the molecule is COc1cccc(C2CCCN2S(C)(=O)=O)c1. The Hall–Kier alpha value is -1.07. The standard InChI is InChI=1S/C12H17NO3S/c1-16-11-6-3-5-10(9-11)12-7-4-8-13(12)17(2,14)15/h3,5-6,9,12H,4,7-8H2,1-2H3. The molecule has 1 aliphatic rings. The normalized spacial score (nSPS) is 21.6. The summed E-state index contributed by atoms with van der Waals surface area (Å²) in [5.74, 6) is 0.767. The van der Waals surface area contributed by atoms with Gasteiger partial charge in [0, 0.05) is 12.6 Å². The third kappa shape index (κ3) is 2.61. The molecule has 2 rings (SSSR count). The second kappa shape index (κ2) is 4.66. The van der Waals surface area contributed by atoms with Gasteiger partial charge in [-0.15, -0.1) is 0 Å². The average Bonchev–Trinajstić information content (AvgIpc) is 2.77. The third-order valence-corrected chi connectivity index (χ3v) is 4.40. The van der Waals surface area contributed by atoms with Crippen LogP contribution < -0.4 is 4.74 Å². The van der Waals surface area contributed by atoms with Crippen LogP contribution in [0.1, 0.15) is 24.4 Å². The number of ether oxygens (including phenoxy) is 1. The fraction of sp³-hybridized carbons (Fsp3) is 0.500. The molecule has 1 saturated heterocycles. The van der Waals surface area contributed by atoms with Gasteiger partial charge in [-0.1, -0.05) is 12.1 Å². The summed E-state index contributed by atoms with van der Waals surface area (Å²) in [4.78, 5) is 0. The molecule has 94 valence electrons. The summed E-state index contributed by atoms with van der Waals surface area (Å²) in [6.45, 7) is 0.612. The molecule has 5 heteroatoms. The summed E-state index contributed by atoms with van der Waals surface area (Å²) in [6, 6.07) is 7.58. The molecular weight excluding hydrogens is 238 g/mol. The van der Waals surface area contributed by atoms with Crippen molar-refractivity contribution in [3.05, 3.63) is 29.8 Å². The fourth-order valence-corrected chi connectivity index (χ4v) is 3.47. The zero-order chi connectivity index (χ0) is 12.5. The highest BCUT2D eigenvalue weighted by atomic mass is 32.2. The van der Waals surface area contributed by atoms with Gasteiger partial charge in [0.1, 0.15) is 5.75 Å². The second-order valence-corrected chi connectivity index (χ2v) is 6.24. The molecule has 1 fully saturated rings. The van der Waals surface area contributed by atoms with Crippen LogP contribution in [0.5, 0.6) is 5.75 Å². The lowest BCUT2D eigenvalue weighted by molar-refractivity contribution is 0.393. The van der Waals surface area contributed by atoms with Crippen molar-refractivity contribution in [2.75, 3.05) is 19.9 Å². The van der Waals surface area contributed by atoms with E-state index in [1.165, 1.54) is 6.26 Å². The predicted octanol–water partition coefficient (Wildman–Crippen LogP) is 1.79. The van der Waals surface area contributed by atoms with Crippen molar-refractivity contribution in [2.45, 2.75) is 18.9 Å². The van der Waals surface area contributed by atoms with Gasteiger partial charge in [-0.05, 0) is 30.5 Å². The number of methoxy groups -OCH3 is 1. The summed E-state index contributed by atoms with van der Waals surface area (Å²) in [5.41, 5.74) is 1.01. The molecule has 1 atom stereocenters. The Morgan fingerprint density at radius 1 is 1.41 bits per heavy atom. The topological polar surface area (TPSA) is 46.6 Å². The molecule has 0 amide bonds. The molecular formula is C12H17NO3S. The van der Waals surface area contributed by atoms with Gasteiger partial charge in [0.25, 0.3) is 0 Å². The summed E-state index contributed by atoms with van der Waals surface area (Å²) < 4.78 is 30.1. The summed E-state index contributed by atoms with van der Waals surface area (Å²) in [5, 5.41) is 0. The van der Waals surface area contributed by atoms with Gasteiger partial charge in [-0.2, -0.15) is 4.31 Å². The van der Waals surface area contributed by atoms with E-state index in [-0.39, 0.29) is 6.04 Å². The Morgan fingerprint density at radius 2 is 2.18 bits per heavy atom. The van der Waals surface area contributed by atoms with E-state index in [9.17, 15) is 8.42 Å². The van der Waals surface area contributed by atoms with E-state index in [1.807, 2.05) is 24.3 Å². The molecule has 4 nitrogen and oxygen atoms in total. The van der Waals surface area contributed by atoms with Gasteiger partial charge < -0.3 is 4.74 Å². The van der Waals surface area contributed by atoms with Crippen molar-refractivity contribution in [3.8, 4) is 5.75 Å². The summed E-state index contributed by atoms with van der Waals surface area (Å²) >= 11 is 0. The van der Waals surface area contributed by atoms with Gasteiger partial charge >= 0.3 is 0 Å². The molecule has 0 aliphatic carbocycles. The predicted molar refractivity (Wildman–Crippen MR) is 66.5 cm³/mol. The van der Waals surface area contributed by atoms with Crippen LogP contribution in [0.15, 0.2) is 24.3 Å². The maximum atomic E-state index is 11.7. The molecule has 1 unspecified atom stereocenters. The van der Waals surface area contributed by atoms with Gasteiger partial charge in [0.2, 0.25) is 10.0 Å². The van der Waals surface area contributed by atoms with Crippen molar-refractivity contribution in [2.24, 2.45) is 0 Å². The zero-order valence-corrected chi connectivity index (χ0v) is 10.9. The van der Waals surface area contributed by atoms with Crippen LogP contribution >= 0.6 is 0 Å². The smallest absolute Gasteiger partial charge is 0.211 e. The minimum atomic E-state index is -3.13. The Balaban J connectivity index is 2.32. The number of sulfonamides is 1. The highest BCUT2D eigenvalue weighted by Crippen LogP contribution is 2.34. The van der Waals surface area contributed by atoms with Crippen molar-refractivity contribution < 1.29 is 13.2 Å². The maximum Gasteiger partial charge on any atom is 0.211 e. The molecule has 1 aromatic carbocycles. The minimum Gasteiger partial charge on any atom is -0.497 e. The molecule has 0 bridgehead atoms. The van der Waals surface area contributed by atoms with Crippen LogP contribution in [0.25, 0.3) is 0 Å². The second-order valence-electron chi connectivity index (χ2n) is 4.31. The first-order valence-electron chi connectivity index (χ1n) is 5.63. The summed E-state index contributed by atoms with van der Waals surface area (Å²) in [7, 11) is -1.51. The Morgan fingerprint density at radius 3 is 2.82 bits per heavy atom. The molecule has 0 N–H and O–H groups in total. The molecule has 0 radical (unpaired) electrons. The monoisotopic (exact) mass is 255 g/mol. The van der Waals surface area contributed by atoms with Crippen molar-refractivity contribution >= 4 is 10.0 Å². The first-order chi connectivity index (χ1) is 8.02. The molecule has 0 saturated carbocycles. The Bertz CT molecular complexity index is 498. The van der Waals surface area contributed by atoms with Crippen molar-refractivity contribution in [1.82, 2.24) is 4.31 Å². The summed E-state index contributed by atoms with van der Waals surface area (Å²) in [6.07, 6.45) is 3.06. The van der Waals surface area contributed by atoms with Crippen LogP contribution in [0.3, 0.4) is 0 Å². The first-order valence-corrected chi connectivity index (χ1v) is 7.48. The molecule has 0 spiro atoms. The lowest BCUT2D eigenvalue weighted by Gasteiger charge is -2.22. The highest BCUT2D eigenvalue weighted by Gasteiger charge is 2.32. The molecule has 1 aliphatic heterocycles. The number of rotatable bonds is 3. The largest absolute Gasteiger partial charge is 0.497 e. The number of nitrogens with zero attached hydrogens (tertiary/aromatic N) is 1. The van der Waals surface area contributed by atoms with E-state index >= 15 is 0 Å². The van der Waals surface area contributed by atoms with E-state index in [0.717, 1.165) is 24.2 Å². The third-order valence-electron chi connectivity index (χ3n) is 3.11. The van der Waals surface area contributed by atoms with Crippen LogP contribution in [0, 0.1) is 0 Å². The zero-order valence-electron chi connectivity index (χ0n) is 10.1. The van der Waals surface area contributed by atoms with E-state index in [4.69, 9.17) is 4.74 Å². The Kier molecular flexibility index (Phi) is 3.40. The van der Waals surface area contributed by atoms with E-state index < -0.39 is 10.0 Å². The van der Waals surface area contributed by atoms with E-state index in [2.05, 4.69) is 0 Å². The van der Waals surface area contributed by atoms with E-state index in [0.29, 0.717) is 6.54 Å². The molecule has 0 aromatic heterocycles. The highest BCUT2D eigenvalue weighted by molar-refractivity contribution is 7.88. The molecule has 17 heavy (non-hydrogen) atoms. The first kappa shape index (κ1) is 12.4. The quantitative estimate of drug-likeness (QED) is 0.827. The van der Waals surface area contributed by atoms with Crippen molar-refractivity contribution in [3.63, 3.8) is 0 Å². The maximum absolute atomic E-state index is 11.7. The Labute approximate surface area is 102 Å². The van der Waals surface area contributed by atoms with Gasteiger partial charge in [0.15, 0.2) is 0 Å². The van der Waals surface area contributed by atoms with Gasteiger partial charge in [-0.3, -0.25) is 0 Å². The fourth-order valence-electron chi connectivity index (χ4n) is 2.32. The van der Waals surface area contributed by atoms with Crippen LogP contribution in [0.2, 0.25) is 0 Å². The number of hydrogen-bond acceptors (Lipinski definition) is 3. The molecule has 1 heterocycles. The van der Waals surface area contributed by atoms with Crippen LogP contribution in [0.4, 0.5) is 0 Å². The minimum absolute atomic E-state index is 0.0416. The van der Waals surface area contributed by atoms with Crippen molar-refractivity contribution in [1.29, 1.82) is 0 Å².